The number of aromatic nitrogens is 1. The van der Waals surface area contributed by atoms with Crippen molar-refractivity contribution >= 4 is 13.5 Å². The SMILES string of the molecule is NCCCC[C@@H](O)c1ccc(-c2ccc(C(F)(F)F)cc2)nc1C(F)(F)F.S. The van der Waals surface area contributed by atoms with Gasteiger partial charge in [0.1, 0.15) is 0 Å². The molecule has 0 amide bonds. The van der Waals surface area contributed by atoms with Crippen LogP contribution in [0.1, 0.15) is 42.2 Å². The van der Waals surface area contributed by atoms with Gasteiger partial charge >= 0.3 is 12.4 Å². The molecule has 2 aromatic rings. The number of aliphatic hydroxyl groups excluding tert-OH is 1. The number of unbranched alkanes of at least 4 members (excludes halogenated alkanes) is 1. The number of hydrogen-bond acceptors (Lipinski definition) is 3. The summed E-state index contributed by atoms with van der Waals surface area (Å²) in [4.78, 5) is 3.56. The second-order valence-corrected chi connectivity index (χ2v) is 6.01. The summed E-state index contributed by atoms with van der Waals surface area (Å²) in [5.41, 5.74) is 2.78. The van der Waals surface area contributed by atoms with Gasteiger partial charge in [-0.1, -0.05) is 18.2 Å². The first kappa shape index (κ1) is 24.3. The number of benzene rings is 1. The van der Waals surface area contributed by atoms with Crippen LogP contribution < -0.4 is 5.73 Å². The monoisotopic (exact) mass is 426 g/mol. The molecule has 1 heterocycles. The Hall–Kier alpha value is -1.78. The number of hydrogen-bond donors (Lipinski definition) is 2. The molecule has 28 heavy (non-hydrogen) atoms. The lowest BCUT2D eigenvalue weighted by Crippen LogP contribution is -2.15. The maximum atomic E-state index is 13.4. The number of pyridine rings is 1. The molecule has 0 aliphatic heterocycles. The number of aliphatic hydroxyl groups is 1. The Kier molecular flexibility index (Phi) is 8.33. The minimum atomic E-state index is -4.81. The largest absolute Gasteiger partial charge is 0.433 e. The van der Waals surface area contributed by atoms with Crippen molar-refractivity contribution in [3.63, 3.8) is 0 Å². The standard InChI is InChI=1S/C18H18F6N2O.H2S/c19-17(20,21)12-6-4-11(5-7-12)14-9-8-13(15(27)3-1-2-10-25)16(26-14)18(22,23)24;/h4-9,15,27H,1-3,10,25H2;1H2/t15-;/m1./s1. The van der Waals surface area contributed by atoms with Gasteiger partial charge in [0.15, 0.2) is 5.69 Å². The fourth-order valence-electron chi connectivity index (χ4n) is 2.59. The van der Waals surface area contributed by atoms with E-state index in [0.717, 1.165) is 30.3 Å². The number of nitrogens with zero attached hydrogens (tertiary/aromatic N) is 1. The van der Waals surface area contributed by atoms with E-state index in [2.05, 4.69) is 4.98 Å². The Labute approximate surface area is 165 Å². The van der Waals surface area contributed by atoms with Crippen LogP contribution in [0.2, 0.25) is 0 Å². The first-order chi connectivity index (χ1) is 12.5. The molecule has 1 aromatic carbocycles. The highest BCUT2D eigenvalue weighted by Gasteiger charge is 2.37. The molecular formula is C18H20F6N2OS. The molecule has 0 bridgehead atoms. The molecule has 0 unspecified atom stereocenters. The van der Waals surface area contributed by atoms with Gasteiger partial charge in [0, 0.05) is 11.1 Å². The summed E-state index contributed by atoms with van der Waals surface area (Å²) in [5.74, 6) is 0. The zero-order valence-corrected chi connectivity index (χ0v) is 15.6. The predicted molar refractivity (Wildman–Crippen MR) is 97.9 cm³/mol. The van der Waals surface area contributed by atoms with Gasteiger partial charge in [-0.25, -0.2) is 4.98 Å². The van der Waals surface area contributed by atoms with Gasteiger partial charge in [-0.3, -0.25) is 0 Å². The molecule has 1 aromatic heterocycles. The van der Waals surface area contributed by atoms with Crippen molar-refractivity contribution in [1.82, 2.24) is 4.98 Å². The third-order valence-electron chi connectivity index (χ3n) is 3.99. The second-order valence-electron chi connectivity index (χ2n) is 6.01. The van der Waals surface area contributed by atoms with Crippen LogP contribution in [0.25, 0.3) is 11.3 Å². The lowest BCUT2D eigenvalue weighted by atomic mass is 10.00. The van der Waals surface area contributed by atoms with Crippen LogP contribution >= 0.6 is 13.5 Å². The van der Waals surface area contributed by atoms with Gasteiger partial charge in [0.2, 0.25) is 0 Å². The Morgan fingerprint density at radius 1 is 0.893 bits per heavy atom. The molecule has 0 fully saturated rings. The van der Waals surface area contributed by atoms with E-state index in [4.69, 9.17) is 5.73 Å². The van der Waals surface area contributed by atoms with Gasteiger partial charge in [0.25, 0.3) is 0 Å². The second kappa shape index (κ2) is 9.62. The Bertz CT molecular complexity index is 762. The summed E-state index contributed by atoms with van der Waals surface area (Å²) in [6, 6.07) is 6.03. The molecule has 0 saturated heterocycles. The van der Waals surface area contributed by atoms with E-state index in [0.29, 0.717) is 19.4 Å². The van der Waals surface area contributed by atoms with Gasteiger partial charge in [0.05, 0.1) is 17.4 Å². The zero-order chi connectivity index (χ0) is 20.2. The highest BCUT2D eigenvalue weighted by molar-refractivity contribution is 7.59. The van der Waals surface area contributed by atoms with Crippen molar-refractivity contribution in [2.75, 3.05) is 6.54 Å². The van der Waals surface area contributed by atoms with Crippen LogP contribution in [0.4, 0.5) is 26.3 Å². The van der Waals surface area contributed by atoms with E-state index in [-0.39, 0.29) is 36.7 Å². The third-order valence-corrected chi connectivity index (χ3v) is 3.99. The first-order valence-electron chi connectivity index (χ1n) is 8.18. The number of nitrogens with two attached hydrogens (primary N) is 1. The summed E-state index contributed by atoms with van der Waals surface area (Å²) in [7, 11) is 0. The average Bonchev–Trinajstić information content (AvgIpc) is 2.60. The summed E-state index contributed by atoms with van der Waals surface area (Å²) in [5, 5.41) is 10.1. The smallest absolute Gasteiger partial charge is 0.388 e. The molecular weight excluding hydrogens is 406 g/mol. The van der Waals surface area contributed by atoms with Crippen molar-refractivity contribution in [3.05, 3.63) is 53.2 Å². The van der Waals surface area contributed by atoms with E-state index >= 15 is 0 Å². The quantitative estimate of drug-likeness (QED) is 0.501. The molecule has 2 rings (SSSR count). The van der Waals surface area contributed by atoms with E-state index in [1.54, 1.807) is 0 Å². The molecule has 0 aliphatic carbocycles. The normalized spacial score (nSPS) is 13.1. The van der Waals surface area contributed by atoms with E-state index in [1.807, 2.05) is 0 Å². The molecule has 1 atom stereocenters. The summed E-state index contributed by atoms with van der Waals surface area (Å²) in [6.07, 6.45) is -9.60. The summed E-state index contributed by atoms with van der Waals surface area (Å²) < 4.78 is 77.9. The summed E-state index contributed by atoms with van der Waals surface area (Å²) in [6.45, 7) is 0.365. The van der Waals surface area contributed by atoms with Gasteiger partial charge in [-0.2, -0.15) is 39.8 Å². The van der Waals surface area contributed by atoms with Gasteiger partial charge in [-0.15, -0.1) is 0 Å². The van der Waals surface area contributed by atoms with Crippen molar-refractivity contribution in [1.29, 1.82) is 0 Å². The molecule has 0 radical (unpaired) electrons. The van der Waals surface area contributed by atoms with Gasteiger partial charge in [-0.05, 0) is 44.0 Å². The lowest BCUT2D eigenvalue weighted by molar-refractivity contribution is -0.142. The van der Waals surface area contributed by atoms with Crippen molar-refractivity contribution in [2.24, 2.45) is 5.73 Å². The van der Waals surface area contributed by atoms with E-state index in [1.165, 1.54) is 6.07 Å². The van der Waals surface area contributed by atoms with Crippen LogP contribution in [-0.4, -0.2) is 16.6 Å². The maximum Gasteiger partial charge on any atom is 0.433 e. The Balaban J connectivity index is 0.00000392. The highest BCUT2D eigenvalue weighted by atomic mass is 32.1. The van der Waals surface area contributed by atoms with Crippen LogP contribution in [-0.2, 0) is 12.4 Å². The number of halogens is 6. The first-order valence-corrected chi connectivity index (χ1v) is 8.18. The molecule has 0 aliphatic rings. The van der Waals surface area contributed by atoms with E-state index < -0.39 is 29.7 Å². The Morgan fingerprint density at radius 3 is 2.00 bits per heavy atom. The minimum Gasteiger partial charge on any atom is -0.388 e. The maximum absolute atomic E-state index is 13.4. The fraction of sp³-hybridized carbons (Fsp3) is 0.389. The zero-order valence-electron chi connectivity index (χ0n) is 14.6. The molecule has 10 heteroatoms. The minimum absolute atomic E-state index is 0. The molecule has 0 saturated carbocycles. The molecule has 3 nitrogen and oxygen atoms in total. The van der Waals surface area contributed by atoms with Crippen LogP contribution in [0.15, 0.2) is 36.4 Å². The summed E-state index contributed by atoms with van der Waals surface area (Å²) >= 11 is 0. The molecule has 0 spiro atoms. The van der Waals surface area contributed by atoms with Gasteiger partial charge < -0.3 is 10.8 Å². The van der Waals surface area contributed by atoms with E-state index in [9.17, 15) is 31.4 Å². The fourth-order valence-corrected chi connectivity index (χ4v) is 2.59. The van der Waals surface area contributed by atoms with Crippen LogP contribution in [0.5, 0.6) is 0 Å². The highest BCUT2D eigenvalue weighted by Crippen LogP contribution is 2.37. The van der Waals surface area contributed by atoms with Crippen molar-refractivity contribution in [3.8, 4) is 11.3 Å². The molecule has 156 valence electrons. The number of alkyl halides is 6. The number of rotatable bonds is 6. The van der Waals surface area contributed by atoms with Crippen LogP contribution in [0, 0.1) is 0 Å². The van der Waals surface area contributed by atoms with Crippen LogP contribution in [0.3, 0.4) is 0 Å². The predicted octanol–water partition coefficient (Wildman–Crippen LogP) is 5.06. The topological polar surface area (TPSA) is 59.1 Å². The van der Waals surface area contributed by atoms with Crippen molar-refractivity contribution < 1.29 is 31.4 Å². The Morgan fingerprint density at radius 2 is 1.50 bits per heavy atom. The lowest BCUT2D eigenvalue weighted by Gasteiger charge is -2.18. The third kappa shape index (κ3) is 6.11. The molecule has 3 N–H and O–H groups in total. The van der Waals surface area contributed by atoms with Crippen molar-refractivity contribution in [2.45, 2.75) is 37.7 Å². The average molecular weight is 426 g/mol.